The van der Waals surface area contributed by atoms with Gasteiger partial charge in [-0.25, -0.2) is 0 Å². The number of ether oxygens (including phenoxy) is 2. The number of hydrogen-bond acceptors (Lipinski definition) is 3. The van der Waals surface area contributed by atoms with Crippen LogP contribution in [0.5, 0.6) is 0 Å². The summed E-state index contributed by atoms with van der Waals surface area (Å²) in [5.74, 6) is 1.86. The first-order chi connectivity index (χ1) is 12.8. The van der Waals surface area contributed by atoms with Crippen LogP contribution in [-0.4, -0.2) is 37.9 Å². The third-order valence-electron chi connectivity index (χ3n) is 6.51. The van der Waals surface area contributed by atoms with Crippen molar-refractivity contribution in [2.45, 2.75) is 63.0 Å². The van der Waals surface area contributed by atoms with E-state index in [0.29, 0.717) is 18.4 Å². The van der Waals surface area contributed by atoms with Gasteiger partial charge in [-0.05, 0) is 49.5 Å². The van der Waals surface area contributed by atoms with E-state index in [1.165, 1.54) is 37.7 Å². The summed E-state index contributed by atoms with van der Waals surface area (Å²) in [7, 11) is 0. The highest BCUT2D eigenvalue weighted by Crippen LogP contribution is 2.54. The lowest BCUT2D eigenvalue weighted by atomic mass is 9.53. The van der Waals surface area contributed by atoms with E-state index < -0.39 is 0 Å². The summed E-state index contributed by atoms with van der Waals surface area (Å²) in [5.41, 5.74) is 1.37. The van der Waals surface area contributed by atoms with Gasteiger partial charge in [0.25, 0.3) is 0 Å². The molecule has 0 radical (unpaired) electrons. The molecule has 1 amide bonds. The van der Waals surface area contributed by atoms with Crippen molar-refractivity contribution < 1.29 is 14.3 Å². The lowest BCUT2D eigenvalue weighted by Gasteiger charge is -2.55. The van der Waals surface area contributed by atoms with Gasteiger partial charge in [-0.1, -0.05) is 43.2 Å². The van der Waals surface area contributed by atoms with Crippen LogP contribution in [0.2, 0.25) is 0 Å². The Kier molecular flexibility index (Phi) is 5.91. The number of carbonyl (C=O) groups is 1. The van der Waals surface area contributed by atoms with Crippen molar-refractivity contribution in [2.75, 3.05) is 19.8 Å². The number of nitrogens with one attached hydrogen (secondary N) is 1. The highest BCUT2D eigenvalue weighted by Gasteiger charge is 2.51. The largest absolute Gasteiger partial charge is 0.376 e. The summed E-state index contributed by atoms with van der Waals surface area (Å²) in [6.07, 6.45) is 8.72. The normalized spacial score (nSPS) is 33.8. The fourth-order valence-electron chi connectivity index (χ4n) is 5.24. The van der Waals surface area contributed by atoms with Crippen LogP contribution in [0.3, 0.4) is 0 Å². The minimum absolute atomic E-state index is 0.0239. The Morgan fingerprint density at radius 2 is 1.81 bits per heavy atom. The van der Waals surface area contributed by atoms with Gasteiger partial charge in [0.1, 0.15) is 6.61 Å². The first-order valence-corrected chi connectivity index (χ1v) is 10.4. The summed E-state index contributed by atoms with van der Waals surface area (Å²) < 4.78 is 11.3. The van der Waals surface area contributed by atoms with E-state index in [-0.39, 0.29) is 24.7 Å². The maximum atomic E-state index is 12.5. The number of fused-ring (bicyclic) bond motifs is 1. The summed E-state index contributed by atoms with van der Waals surface area (Å²) in [5, 5.41) is 3.30. The Bertz CT molecular complexity index is 584. The van der Waals surface area contributed by atoms with Crippen molar-refractivity contribution in [3.8, 4) is 0 Å². The molecule has 3 aliphatic rings. The van der Waals surface area contributed by atoms with E-state index in [0.717, 1.165) is 25.4 Å². The first-order valence-electron chi connectivity index (χ1n) is 10.4. The van der Waals surface area contributed by atoms with Gasteiger partial charge >= 0.3 is 0 Å². The van der Waals surface area contributed by atoms with Gasteiger partial charge in [0.05, 0.1) is 12.7 Å². The molecule has 142 valence electrons. The topological polar surface area (TPSA) is 47.6 Å². The molecule has 0 spiro atoms. The second-order valence-corrected chi connectivity index (χ2v) is 8.15. The van der Waals surface area contributed by atoms with Crippen molar-refractivity contribution in [3.63, 3.8) is 0 Å². The number of carbonyl (C=O) groups excluding carboxylic acids is 1. The minimum atomic E-state index is 0.0239. The number of benzene rings is 1. The third-order valence-corrected chi connectivity index (χ3v) is 6.51. The standard InChI is InChI=1S/C22H31NO3/c24-20(15-25-14-17-10-6-7-13-26-17)23-22-19-12-5-4-11-18(19)21(22)16-8-2-1-3-9-16/h1-3,8-9,17-19,21-22H,4-7,10-15H2,(H,23,24)/t17-,18-,19-,21-,22-/m0/s1. The Balaban J connectivity index is 1.30. The van der Waals surface area contributed by atoms with Crippen molar-refractivity contribution in [1.29, 1.82) is 0 Å². The van der Waals surface area contributed by atoms with Gasteiger partial charge in [-0.2, -0.15) is 0 Å². The fraction of sp³-hybridized carbons (Fsp3) is 0.682. The molecule has 1 saturated heterocycles. The smallest absolute Gasteiger partial charge is 0.246 e. The molecule has 0 bridgehead atoms. The van der Waals surface area contributed by atoms with Crippen molar-refractivity contribution >= 4 is 5.91 Å². The fourth-order valence-corrected chi connectivity index (χ4v) is 5.24. The van der Waals surface area contributed by atoms with Crippen LogP contribution >= 0.6 is 0 Å². The molecule has 1 heterocycles. The lowest BCUT2D eigenvalue weighted by Crippen LogP contribution is -2.59. The second-order valence-electron chi connectivity index (χ2n) is 8.15. The Hall–Kier alpha value is -1.39. The summed E-state index contributed by atoms with van der Waals surface area (Å²) >= 11 is 0. The molecule has 0 unspecified atom stereocenters. The zero-order chi connectivity index (χ0) is 17.8. The van der Waals surface area contributed by atoms with E-state index in [1.54, 1.807) is 0 Å². The highest BCUT2D eigenvalue weighted by atomic mass is 16.5. The average Bonchev–Trinajstić information content (AvgIpc) is 2.68. The van der Waals surface area contributed by atoms with Crippen molar-refractivity contribution in [2.24, 2.45) is 11.8 Å². The molecule has 3 fully saturated rings. The molecule has 1 aromatic rings. The molecule has 4 rings (SSSR count). The molecule has 0 aromatic heterocycles. The summed E-state index contributed by atoms with van der Waals surface area (Å²) in [4.78, 5) is 12.5. The Morgan fingerprint density at radius 1 is 1.04 bits per heavy atom. The van der Waals surface area contributed by atoms with Gasteiger partial charge in [0.2, 0.25) is 5.91 Å². The molecule has 1 aromatic carbocycles. The predicted molar refractivity (Wildman–Crippen MR) is 101 cm³/mol. The Labute approximate surface area is 156 Å². The van der Waals surface area contributed by atoms with Crippen LogP contribution in [0.1, 0.15) is 56.4 Å². The summed E-state index contributed by atoms with van der Waals surface area (Å²) in [6, 6.07) is 11.0. The SMILES string of the molecule is O=C(COC[C@@H]1CCCCO1)N[C@H]1[C@H]2CCCC[C@@H]2[C@@H]1c1ccccc1. The zero-order valence-corrected chi connectivity index (χ0v) is 15.6. The maximum Gasteiger partial charge on any atom is 0.246 e. The van der Waals surface area contributed by atoms with E-state index in [1.807, 2.05) is 0 Å². The number of amides is 1. The molecule has 26 heavy (non-hydrogen) atoms. The average molecular weight is 357 g/mol. The minimum Gasteiger partial charge on any atom is -0.376 e. The van der Waals surface area contributed by atoms with Gasteiger partial charge < -0.3 is 14.8 Å². The second kappa shape index (κ2) is 8.53. The maximum absolute atomic E-state index is 12.5. The van der Waals surface area contributed by atoms with Gasteiger partial charge in [0.15, 0.2) is 0 Å². The number of rotatable bonds is 6. The first kappa shape index (κ1) is 18.0. The van der Waals surface area contributed by atoms with Crippen molar-refractivity contribution in [3.05, 3.63) is 35.9 Å². The van der Waals surface area contributed by atoms with Crippen LogP contribution in [0.25, 0.3) is 0 Å². The highest BCUT2D eigenvalue weighted by molar-refractivity contribution is 5.78. The van der Waals surface area contributed by atoms with E-state index >= 15 is 0 Å². The van der Waals surface area contributed by atoms with Gasteiger partial charge in [-0.3, -0.25) is 4.79 Å². The number of hydrogen-bond donors (Lipinski definition) is 1. The van der Waals surface area contributed by atoms with Crippen LogP contribution in [-0.2, 0) is 14.3 Å². The van der Waals surface area contributed by atoms with Gasteiger partial charge in [0, 0.05) is 18.6 Å². The van der Waals surface area contributed by atoms with Crippen molar-refractivity contribution in [1.82, 2.24) is 5.32 Å². The molecule has 2 aliphatic carbocycles. The zero-order valence-electron chi connectivity index (χ0n) is 15.6. The molecule has 5 atom stereocenters. The molecule has 1 aliphatic heterocycles. The predicted octanol–water partition coefficient (Wildman–Crippen LogP) is 3.66. The van der Waals surface area contributed by atoms with Gasteiger partial charge in [-0.15, -0.1) is 0 Å². The molecule has 4 heteroatoms. The third kappa shape index (κ3) is 3.96. The lowest BCUT2D eigenvalue weighted by molar-refractivity contribution is -0.131. The van der Waals surface area contributed by atoms with Crippen LogP contribution in [0, 0.1) is 11.8 Å². The quantitative estimate of drug-likeness (QED) is 0.845. The molecule has 2 saturated carbocycles. The molecule has 1 N–H and O–H groups in total. The Morgan fingerprint density at radius 3 is 2.58 bits per heavy atom. The molecular formula is C22H31NO3. The van der Waals surface area contributed by atoms with E-state index in [9.17, 15) is 4.79 Å². The van der Waals surface area contributed by atoms with E-state index in [4.69, 9.17) is 9.47 Å². The monoisotopic (exact) mass is 357 g/mol. The van der Waals surface area contributed by atoms with Crippen LogP contribution < -0.4 is 5.32 Å². The molecule has 4 nitrogen and oxygen atoms in total. The van der Waals surface area contributed by atoms with Crippen LogP contribution in [0.4, 0.5) is 0 Å². The van der Waals surface area contributed by atoms with E-state index in [2.05, 4.69) is 35.6 Å². The molecular weight excluding hydrogens is 326 g/mol. The van der Waals surface area contributed by atoms with Crippen LogP contribution in [0.15, 0.2) is 30.3 Å². The summed E-state index contributed by atoms with van der Waals surface area (Å²) in [6.45, 7) is 1.51.